The van der Waals surface area contributed by atoms with Crippen LogP contribution >= 0.6 is 0 Å². The first-order valence-electron chi connectivity index (χ1n) is 21.2. The Balaban J connectivity index is 1.02. The number of benzene rings is 9. The van der Waals surface area contributed by atoms with Gasteiger partial charge in [-0.15, -0.1) is 0 Å². The summed E-state index contributed by atoms with van der Waals surface area (Å²) in [7, 11) is 0. The van der Waals surface area contributed by atoms with Gasteiger partial charge in [0.1, 0.15) is 0 Å². The fourth-order valence-electron chi connectivity index (χ4n) is 9.48. The summed E-state index contributed by atoms with van der Waals surface area (Å²) in [6, 6.07) is 74.3. The number of para-hydroxylation sites is 2. The van der Waals surface area contributed by atoms with Crippen LogP contribution in [-0.4, -0.2) is 24.1 Å². The van der Waals surface area contributed by atoms with Crippen LogP contribution in [0.2, 0.25) is 0 Å². The summed E-state index contributed by atoms with van der Waals surface area (Å²) >= 11 is 0. The minimum Gasteiger partial charge on any atom is -0.452 e. The number of hydrogen-bond donors (Lipinski definition) is 0. The van der Waals surface area contributed by atoms with Crippen molar-refractivity contribution in [2.75, 3.05) is 0 Å². The van der Waals surface area contributed by atoms with Crippen LogP contribution in [0.4, 0.5) is 0 Å². The average molecular weight is 806 g/mol. The Morgan fingerprint density at radius 2 is 0.698 bits per heavy atom. The highest BCUT2D eigenvalue weighted by Gasteiger charge is 2.23. The predicted octanol–water partition coefficient (Wildman–Crippen LogP) is 14.6. The Labute approximate surface area is 361 Å². The third-order valence-corrected chi connectivity index (χ3v) is 12.4. The summed E-state index contributed by atoms with van der Waals surface area (Å²) in [5.41, 5.74) is 13.2. The molecule has 0 saturated carbocycles. The van der Waals surface area contributed by atoms with Crippen molar-refractivity contribution in [3.63, 3.8) is 0 Å². The molecule has 0 fully saturated rings. The van der Waals surface area contributed by atoms with Gasteiger partial charge < -0.3 is 13.6 Å². The van der Waals surface area contributed by atoms with Crippen LogP contribution in [-0.2, 0) is 0 Å². The predicted molar refractivity (Wildman–Crippen MR) is 258 cm³/mol. The van der Waals surface area contributed by atoms with Crippen LogP contribution in [0.15, 0.2) is 217 Å². The van der Waals surface area contributed by atoms with Crippen molar-refractivity contribution >= 4 is 65.6 Å². The highest BCUT2D eigenvalue weighted by Crippen LogP contribution is 2.44. The average Bonchev–Trinajstić information content (AvgIpc) is 4.03. The number of nitrogens with zero attached hydrogens (tertiary/aromatic N) is 5. The van der Waals surface area contributed by atoms with Gasteiger partial charge in [0.2, 0.25) is 0 Å². The van der Waals surface area contributed by atoms with Crippen molar-refractivity contribution in [2.24, 2.45) is 0 Å². The van der Waals surface area contributed by atoms with Gasteiger partial charge in [-0.2, -0.15) is 0 Å². The molecule has 0 aliphatic carbocycles. The van der Waals surface area contributed by atoms with Crippen molar-refractivity contribution in [3.05, 3.63) is 212 Å². The number of hydrogen-bond acceptors (Lipinski definition) is 4. The van der Waals surface area contributed by atoms with Crippen molar-refractivity contribution in [2.45, 2.75) is 0 Å². The maximum atomic E-state index is 7.31. The van der Waals surface area contributed by atoms with Crippen LogP contribution in [0.1, 0.15) is 0 Å². The van der Waals surface area contributed by atoms with Crippen LogP contribution < -0.4 is 0 Å². The van der Waals surface area contributed by atoms with E-state index in [4.69, 9.17) is 19.4 Å². The highest BCUT2D eigenvalue weighted by molar-refractivity contribution is 6.26. The zero-order valence-electron chi connectivity index (χ0n) is 33.9. The minimum absolute atomic E-state index is 0.616. The second-order valence-electron chi connectivity index (χ2n) is 16.0. The van der Waals surface area contributed by atoms with E-state index in [1.54, 1.807) is 0 Å². The molecule has 13 rings (SSSR count). The molecule has 0 saturated heterocycles. The molecule has 9 aromatic carbocycles. The van der Waals surface area contributed by atoms with Gasteiger partial charge in [0, 0.05) is 60.4 Å². The number of furan rings is 1. The van der Waals surface area contributed by atoms with E-state index in [0.717, 1.165) is 93.8 Å². The van der Waals surface area contributed by atoms with E-state index < -0.39 is 0 Å². The Kier molecular flexibility index (Phi) is 7.80. The normalized spacial score (nSPS) is 11.8. The second-order valence-corrected chi connectivity index (χ2v) is 16.0. The van der Waals surface area contributed by atoms with E-state index in [-0.39, 0.29) is 0 Å². The maximum Gasteiger partial charge on any atom is 0.164 e. The first-order valence-corrected chi connectivity index (χ1v) is 21.2. The first-order chi connectivity index (χ1) is 31.2. The molecular weight excluding hydrogens is 771 g/mol. The van der Waals surface area contributed by atoms with Gasteiger partial charge in [-0.1, -0.05) is 152 Å². The van der Waals surface area contributed by atoms with Crippen LogP contribution in [0.3, 0.4) is 0 Å². The lowest BCUT2D eigenvalue weighted by Crippen LogP contribution is -2.00. The maximum absolute atomic E-state index is 7.31. The summed E-state index contributed by atoms with van der Waals surface area (Å²) in [4.78, 5) is 14.9. The third kappa shape index (κ3) is 5.55. The zero-order chi connectivity index (χ0) is 41.4. The smallest absolute Gasteiger partial charge is 0.164 e. The van der Waals surface area contributed by atoms with Crippen molar-refractivity contribution in [1.29, 1.82) is 0 Å². The SMILES string of the molecule is c1ccc(-c2cccc(-n3c4ccccc4c4ccc5c6ccc7c8ccccc8n(-c8ccc(-c9nc(-c%10ccccc%10)nc(-c%10ccccc%10)n9)cc8)c7c6oc5c43)c2)cc1. The van der Waals surface area contributed by atoms with Crippen molar-refractivity contribution in [1.82, 2.24) is 24.1 Å². The molecule has 0 aliphatic heterocycles. The van der Waals surface area contributed by atoms with Crippen LogP contribution in [0.25, 0.3) is 122 Å². The fraction of sp³-hybridized carbons (Fsp3) is 0. The molecule has 6 heteroatoms. The molecule has 0 bridgehead atoms. The summed E-state index contributed by atoms with van der Waals surface area (Å²) in [6.07, 6.45) is 0. The number of rotatable bonds is 6. The minimum atomic E-state index is 0.616. The second kappa shape index (κ2) is 14.0. The third-order valence-electron chi connectivity index (χ3n) is 12.4. The van der Waals surface area contributed by atoms with Crippen molar-refractivity contribution in [3.8, 4) is 56.7 Å². The van der Waals surface area contributed by atoms with Crippen molar-refractivity contribution < 1.29 is 4.42 Å². The molecule has 0 N–H and O–H groups in total. The van der Waals surface area contributed by atoms with E-state index in [9.17, 15) is 0 Å². The largest absolute Gasteiger partial charge is 0.452 e. The Hall–Kier alpha value is -8.61. The van der Waals surface area contributed by atoms with Gasteiger partial charge in [0.05, 0.1) is 22.1 Å². The lowest BCUT2D eigenvalue weighted by Gasteiger charge is -2.11. The van der Waals surface area contributed by atoms with Crippen LogP contribution in [0, 0.1) is 0 Å². The zero-order valence-corrected chi connectivity index (χ0v) is 33.9. The molecule has 6 nitrogen and oxygen atoms in total. The van der Waals surface area contributed by atoms with Gasteiger partial charge in [-0.05, 0) is 71.8 Å². The summed E-state index contributed by atoms with van der Waals surface area (Å²) in [5.74, 6) is 1.88. The lowest BCUT2D eigenvalue weighted by atomic mass is 10.1. The van der Waals surface area contributed by atoms with E-state index in [1.807, 2.05) is 60.7 Å². The number of fused-ring (bicyclic) bond motifs is 11. The van der Waals surface area contributed by atoms with E-state index >= 15 is 0 Å². The lowest BCUT2D eigenvalue weighted by molar-refractivity contribution is 0.673. The van der Waals surface area contributed by atoms with Gasteiger partial charge in [-0.3, -0.25) is 0 Å². The Morgan fingerprint density at radius 1 is 0.286 bits per heavy atom. The molecule has 294 valence electrons. The molecule has 4 aromatic heterocycles. The quantitative estimate of drug-likeness (QED) is 0.168. The van der Waals surface area contributed by atoms with Crippen LogP contribution in [0.5, 0.6) is 0 Å². The molecule has 0 amide bonds. The molecular formula is C57H35N5O. The fourth-order valence-corrected chi connectivity index (χ4v) is 9.48. The van der Waals surface area contributed by atoms with E-state index in [1.165, 1.54) is 10.9 Å². The first kappa shape index (κ1) is 35.2. The molecule has 0 spiro atoms. The molecule has 63 heavy (non-hydrogen) atoms. The molecule has 0 unspecified atom stereocenters. The Bertz CT molecular complexity index is 3830. The summed E-state index contributed by atoms with van der Waals surface area (Å²) in [6.45, 7) is 0. The van der Waals surface area contributed by atoms with Gasteiger partial charge in [0.25, 0.3) is 0 Å². The Morgan fingerprint density at radius 3 is 1.22 bits per heavy atom. The number of aromatic nitrogens is 5. The standard InChI is InChI=1S/C57H35N5O/c1-4-15-36(16-5-1)40-21-14-22-42(35-40)62-50-26-13-11-24-44(50)46-32-34-48-47-33-31-45-43-23-10-12-25-49(43)61(51(45)53(47)63-54(48)52(46)62)41-29-27-39(28-30-41)57-59-55(37-17-6-2-7-18-37)58-56(60-57)38-19-8-3-9-20-38/h1-35H. The molecule has 0 radical (unpaired) electrons. The molecule has 4 heterocycles. The topological polar surface area (TPSA) is 61.7 Å². The van der Waals surface area contributed by atoms with E-state index in [2.05, 4.69) is 161 Å². The molecule has 13 aromatic rings. The summed E-state index contributed by atoms with van der Waals surface area (Å²) < 4.78 is 12.0. The highest BCUT2D eigenvalue weighted by atomic mass is 16.3. The van der Waals surface area contributed by atoms with Gasteiger partial charge in [0.15, 0.2) is 28.6 Å². The molecule has 0 aliphatic rings. The van der Waals surface area contributed by atoms with Gasteiger partial charge in [-0.25, -0.2) is 15.0 Å². The summed E-state index contributed by atoms with van der Waals surface area (Å²) in [5, 5.41) is 6.78. The van der Waals surface area contributed by atoms with E-state index in [0.29, 0.717) is 17.5 Å². The van der Waals surface area contributed by atoms with Gasteiger partial charge >= 0.3 is 0 Å². The molecule has 0 atom stereocenters. The monoisotopic (exact) mass is 805 g/mol.